The topological polar surface area (TPSA) is 58.6 Å². The lowest BCUT2D eigenvalue weighted by Crippen LogP contribution is -2.33. The van der Waals surface area contributed by atoms with Crippen molar-refractivity contribution >= 4 is 11.9 Å². The number of nitrogens with zero attached hydrogens (tertiary/aromatic N) is 1. The van der Waals surface area contributed by atoms with Crippen molar-refractivity contribution in [1.29, 1.82) is 0 Å². The molecule has 1 aliphatic heterocycles. The Morgan fingerprint density at radius 2 is 1.62 bits per heavy atom. The van der Waals surface area contributed by atoms with E-state index in [-0.39, 0.29) is 11.9 Å². The first-order valence-electron chi connectivity index (χ1n) is 8.08. The number of benzene rings is 2. The number of carbonyl (C=O) groups is 2. The van der Waals surface area contributed by atoms with Crippen molar-refractivity contribution in [3.8, 4) is 5.75 Å². The molecule has 1 fully saturated rings. The van der Waals surface area contributed by atoms with Crippen LogP contribution < -0.4 is 10.1 Å². The van der Waals surface area contributed by atoms with Gasteiger partial charge in [-0.3, -0.25) is 9.69 Å². The molecule has 3 rings (SSSR count). The highest BCUT2D eigenvalue weighted by Gasteiger charge is 2.37. The number of rotatable bonds is 7. The van der Waals surface area contributed by atoms with Crippen LogP contribution in [0, 0.1) is 0 Å². The lowest BCUT2D eigenvalue weighted by atomic mass is 10.1. The molecule has 0 saturated carbocycles. The first-order chi connectivity index (χ1) is 11.7. The summed E-state index contributed by atoms with van der Waals surface area (Å²) >= 11 is 0. The van der Waals surface area contributed by atoms with Crippen molar-refractivity contribution in [2.24, 2.45) is 0 Å². The van der Waals surface area contributed by atoms with Crippen LogP contribution >= 0.6 is 0 Å². The summed E-state index contributed by atoms with van der Waals surface area (Å²) in [4.78, 5) is 25.7. The Morgan fingerprint density at radius 1 is 0.958 bits per heavy atom. The number of imide groups is 1. The smallest absolute Gasteiger partial charge is 0.324 e. The van der Waals surface area contributed by atoms with Crippen LogP contribution in [0.2, 0.25) is 0 Å². The molecule has 0 unspecified atom stereocenters. The van der Waals surface area contributed by atoms with Gasteiger partial charge in [-0.15, -0.1) is 0 Å². The van der Waals surface area contributed by atoms with Crippen LogP contribution in [-0.4, -0.2) is 36.0 Å². The third-order valence-corrected chi connectivity index (χ3v) is 3.93. The van der Waals surface area contributed by atoms with E-state index in [4.69, 9.17) is 4.74 Å². The predicted molar refractivity (Wildman–Crippen MR) is 90.7 cm³/mol. The van der Waals surface area contributed by atoms with Crippen LogP contribution in [0.3, 0.4) is 0 Å². The van der Waals surface area contributed by atoms with Gasteiger partial charge in [0.05, 0.1) is 6.61 Å². The Labute approximate surface area is 141 Å². The van der Waals surface area contributed by atoms with Gasteiger partial charge in [0, 0.05) is 13.0 Å². The maximum atomic E-state index is 12.4. The fourth-order valence-electron chi connectivity index (χ4n) is 2.71. The van der Waals surface area contributed by atoms with E-state index in [0.29, 0.717) is 26.0 Å². The quantitative estimate of drug-likeness (QED) is 0.629. The summed E-state index contributed by atoms with van der Waals surface area (Å²) in [6.07, 6.45) is 1.12. The Balaban J connectivity index is 1.47. The highest BCUT2D eigenvalue weighted by atomic mass is 16.5. The number of carbonyl (C=O) groups excluding carboxylic acids is 2. The minimum Gasteiger partial charge on any atom is -0.494 e. The van der Waals surface area contributed by atoms with E-state index in [1.165, 1.54) is 4.90 Å². The molecule has 0 radical (unpaired) electrons. The number of nitrogens with one attached hydrogen (secondary N) is 1. The van der Waals surface area contributed by atoms with E-state index in [1.54, 1.807) is 0 Å². The lowest BCUT2D eigenvalue weighted by Gasteiger charge is -2.13. The summed E-state index contributed by atoms with van der Waals surface area (Å²) in [5, 5.41) is 2.76. The van der Waals surface area contributed by atoms with E-state index in [1.807, 2.05) is 60.7 Å². The molecule has 5 heteroatoms. The molecule has 2 aromatic carbocycles. The third-order valence-electron chi connectivity index (χ3n) is 3.93. The molecule has 1 saturated heterocycles. The first kappa shape index (κ1) is 16.1. The maximum absolute atomic E-state index is 12.4. The fourth-order valence-corrected chi connectivity index (χ4v) is 2.71. The average molecular weight is 324 g/mol. The largest absolute Gasteiger partial charge is 0.494 e. The van der Waals surface area contributed by atoms with Gasteiger partial charge in [0.1, 0.15) is 11.8 Å². The van der Waals surface area contributed by atoms with E-state index in [2.05, 4.69) is 5.32 Å². The number of amides is 3. The van der Waals surface area contributed by atoms with Gasteiger partial charge in [-0.05, 0) is 24.1 Å². The van der Waals surface area contributed by atoms with E-state index in [9.17, 15) is 9.59 Å². The van der Waals surface area contributed by atoms with Crippen molar-refractivity contribution in [2.75, 3.05) is 13.2 Å². The van der Waals surface area contributed by atoms with E-state index >= 15 is 0 Å². The normalized spacial score (nSPS) is 17.0. The molecule has 1 N–H and O–H groups in total. The molecule has 5 nitrogen and oxygen atoms in total. The Kier molecular flexibility index (Phi) is 5.11. The Bertz CT molecular complexity index is 688. The monoisotopic (exact) mass is 324 g/mol. The van der Waals surface area contributed by atoms with Crippen molar-refractivity contribution < 1.29 is 14.3 Å². The van der Waals surface area contributed by atoms with Gasteiger partial charge >= 0.3 is 6.03 Å². The summed E-state index contributed by atoms with van der Waals surface area (Å²) in [5.74, 6) is 0.625. The van der Waals surface area contributed by atoms with Crippen LogP contribution in [0.15, 0.2) is 60.7 Å². The van der Waals surface area contributed by atoms with Gasteiger partial charge in [-0.1, -0.05) is 48.5 Å². The molecular formula is C19H20N2O3. The van der Waals surface area contributed by atoms with Crippen LogP contribution in [-0.2, 0) is 11.2 Å². The molecule has 0 bridgehead atoms. The van der Waals surface area contributed by atoms with Gasteiger partial charge in [0.25, 0.3) is 5.91 Å². The zero-order valence-corrected chi connectivity index (χ0v) is 13.4. The van der Waals surface area contributed by atoms with Gasteiger partial charge in [-0.25, -0.2) is 4.79 Å². The zero-order valence-electron chi connectivity index (χ0n) is 13.4. The van der Waals surface area contributed by atoms with Gasteiger partial charge < -0.3 is 10.1 Å². The van der Waals surface area contributed by atoms with Crippen LogP contribution in [0.5, 0.6) is 5.75 Å². The average Bonchev–Trinajstić information content (AvgIpc) is 2.87. The van der Waals surface area contributed by atoms with E-state index < -0.39 is 6.04 Å². The number of hydrogen-bond acceptors (Lipinski definition) is 3. The molecule has 2 aromatic rings. The highest BCUT2D eigenvalue weighted by Crippen LogP contribution is 2.13. The van der Waals surface area contributed by atoms with Crippen molar-refractivity contribution in [3.63, 3.8) is 0 Å². The molecule has 1 aliphatic rings. The summed E-state index contributed by atoms with van der Waals surface area (Å²) in [6, 6.07) is 18.4. The van der Waals surface area contributed by atoms with Crippen LogP contribution in [0.4, 0.5) is 4.79 Å². The number of para-hydroxylation sites is 1. The molecule has 1 heterocycles. The molecule has 1 atom stereocenters. The minimum atomic E-state index is -0.477. The lowest BCUT2D eigenvalue weighted by molar-refractivity contribution is -0.127. The Hall–Kier alpha value is -2.82. The third kappa shape index (κ3) is 3.93. The Morgan fingerprint density at radius 3 is 2.33 bits per heavy atom. The van der Waals surface area contributed by atoms with Crippen LogP contribution in [0.25, 0.3) is 0 Å². The van der Waals surface area contributed by atoms with Gasteiger partial charge in [0.2, 0.25) is 0 Å². The highest BCUT2D eigenvalue weighted by molar-refractivity contribution is 6.04. The minimum absolute atomic E-state index is 0.163. The summed E-state index contributed by atoms with van der Waals surface area (Å²) in [5.41, 5.74) is 1.03. The van der Waals surface area contributed by atoms with Crippen LogP contribution in [0.1, 0.15) is 12.0 Å². The molecule has 124 valence electrons. The zero-order chi connectivity index (χ0) is 16.8. The number of urea groups is 1. The second-order valence-corrected chi connectivity index (χ2v) is 5.70. The maximum Gasteiger partial charge on any atom is 0.324 e. The molecule has 24 heavy (non-hydrogen) atoms. The van der Waals surface area contributed by atoms with Gasteiger partial charge in [0.15, 0.2) is 0 Å². The molecule has 0 spiro atoms. The molecule has 0 aliphatic carbocycles. The summed E-state index contributed by atoms with van der Waals surface area (Å²) in [6.45, 7) is 0.827. The second-order valence-electron chi connectivity index (χ2n) is 5.70. The number of hydrogen-bond donors (Lipinski definition) is 1. The predicted octanol–water partition coefficient (Wildman–Crippen LogP) is 2.62. The van der Waals surface area contributed by atoms with Crippen molar-refractivity contribution in [2.45, 2.75) is 18.9 Å². The molecule has 3 amide bonds. The molecule has 0 aromatic heterocycles. The first-order valence-corrected chi connectivity index (χ1v) is 8.08. The SMILES string of the molecule is O=C1N[C@H](Cc2ccccc2)C(=O)N1CCCOc1ccccc1. The molecular weight excluding hydrogens is 304 g/mol. The van der Waals surface area contributed by atoms with Gasteiger partial charge in [-0.2, -0.15) is 0 Å². The number of ether oxygens (including phenoxy) is 1. The van der Waals surface area contributed by atoms with Crippen molar-refractivity contribution in [1.82, 2.24) is 10.2 Å². The fraction of sp³-hybridized carbons (Fsp3) is 0.263. The summed E-state index contributed by atoms with van der Waals surface area (Å²) in [7, 11) is 0. The summed E-state index contributed by atoms with van der Waals surface area (Å²) < 4.78 is 5.59. The second kappa shape index (κ2) is 7.64. The van der Waals surface area contributed by atoms with E-state index in [0.717, 1.165) is 11.3 Å². The standard InChI is InChI=1S/C19H20N2O3/c22-18-17(14-15-8-3-1-4-9-15)20-19(23)21(18)12-7-13-24-16-10-5-2-6-11-16/h1-6,8-11,17H,7,12-14H2,(H,20,23)/t17-/m1/s1. The van der Waals surface area contributed by atoms with Crippen molar-refractivity contribution in [3.05, 3.63) is 66.2 Å².